The van der Waals surface area contributed by atoms with Gasteiger partial charge in [-0.25, -0.2) is 0 Å². The van der Waals surface area contributed by atoms with Gasteiger partial charge in [-0.15, -0.1) is 0 Å². The zero-order chi connectivity index (χ0) is 21.9. The lowest BCUT2D eigenvalue weighted by molar-refractivity contribution is -0.142. The molecule has 0 unspecified atom stereocenters. The zero-order valence-corrected chi connectivity index (χ0v) is 17.3. The average Bonchev–Trinajstić information content (AvgIpc) is 3.12. The average molecular weight is 482 g/mol. The molecule has 5 nitrogen and oxygen atoms in total. The van der Waals surface area contributed by atoms with Crippen LogP contribution in [0.4, 0.5) is 13.2 Å². The molecule has 1 aromatic heterocycles. The van der Waals surface area contributed by atoms with E-state index in [0.29, 0.717) is 27.4 Å². The number of esters is 1. The van der Waals surface area contributed by atoms with Crippen LogP contribution in [-0.4, -0.2) is 12.6 Å². The van der Waals surface area contributed by atoms with Gasteiger partial charge in [-0.1, -0.05) is 6.07 Å². The fraction of sp³-hybridized carbons (Fsp3) is 0.238. The maximum Gasteiger partial charge on any atom is 0.420 e. The summed E-state index contributed by atoms with van der Waals surface area (Å²) in [6.45, 7) is 1.83. The second kappa shape index (κ2) is 8.79. The van der Waals surface area contributed by atoms with Gasteiger partial charge in [0.2, 0.25) is 0 Å². The van der Waals surface area contributed by atoms with Crippen molar-refractivity contribution in [3.05, 3.63) is 63.3 Å². The van der Waals surface area contributed by atoms with Crippen LogP contribution in [0.1, 0.15) is 29.2 Å². The Morgan fingerprint density at radius 2 is 2.03 bits per heavy atom. The number of furan rings is 1. The van der Waals surface area contributed by atoms with E-state index in [9.17, 15) is 18.0 Å². The Kier molecular flexibility index (Phi) is 6.37. The lowest BCUT2D eigenvalue weighted by Crippen LogP contribution is -2.09. The van der Waals surface area contributed by atoms with Gasteiger partial charge >= 0.3 is 12.1 Å². The van der Waals surface area contributed by atoms with Crippen molar-refractivity contribution in [2.24, 2.45) is 0 Å². The number of hydrogen-bond acceptors (Lipinski definition) is 5. The summed E-state index contributed by atoms with van der Waals surface area (Å²) in [5.74, 6) is -0.175. The van der Waals surface area contributed by atoms with Crippen LogP contribution in [0.2, 0.25) is 0 Å². The maximum absolute atomic E-state index is 13.2. The van der Waals surface area contributed by atoms with Gasteiger partial charge in [-0.2, -0.15) is 18.4 Å². The third-order valence-corrected chi connectivity index (χ3v) is 4.81. The molecule has 1 heterocycles. The summed E-state index contributed by atoms with van der Waals surface area (Å²) in [6.07, 6.45) is -3.94. The fourth-order valence-electron chi connectivity index (χ4n) is 2.89. The minimum absolute atomic E-state index is 0.0580. The monoisotopic (exact) mass is 481 g/mol. The van der Waals surface area contributed by atoms with Gasteiger partial charge in [0.1, 0.15) is 29.8 Å². The number of alkyl halides is 3. The first-order valence-corrected chi connectivity index (χ1v) is 9.60. The van der Waals surface area contributed by atoms with Crippen molar-refractivity contribution in [3.63, 3.8) is 0 Å². The summed E-state index contributed by atoms with van der Waals surface area (Å²) in [5.41, 5.74) is 0.483. The number of ether oxygens (including phenoxy) is 2. The van der Waals surface area contributed by atoms with Crippen molar-refractivity contribution < 1.29 is 31.9 Å². The largest absolute Gasteiger partial charge is 0.489 e. The van der Waals surface area contributed by atoms with Crippen LogP contribution in [0.15, 0.2) is 45.5 Å². The molecule has 0 N–H and O–H groups in total. The molecule has 0 saturated heterocycles. The van der Waals surface area contributed by atoms with Crippen molar-refractivity contribution in [2.45, 2.75) is 26.1 Å². The summed E-state index contributed by atoms with van der Waals surface area (Å²) in [5, 5.41) is 9.03. The molecule has 0 aliphatic rings. The fourth-order valence-corrected chi connectivity index (χ4v) is 3.49. The first kappa shape index (κ1) is 21.7. The van der Waals surface area contributed by atoms with Crippen LogP contribution in [0, 0.1) is 11.3 Å². The number of halogens is 4. The van der Waals surface area contributed by atoms with Gasteiger partial charge in [0.15, 0.2) is 0 Å². The predicted octanol–water partition coefficient (Wildman–Crippen LogP) is 5.77. The van der Waals surface area contributed by atoms with E-state index in [1.807, 2.05) is 6.07 Å². The molecule has 0 saturated carbocycles. The zero-order valence-electron chi connectivity index (χ0n) is 15.7. The number of nitrogens with zero attached hydrogens (tertiary/aromatic N) is 1. The molecule has 0 aliphatic carbocycles. The maximum atomic E-state index is 13.2. The third kappa shape index (κ3) is 4.76. The van der Waals surface area contributed by atoms with Crippen molar-refractivity contribution >= 4 is 32.9 Å². The molecule has 0 amide bonds. The first-order chi connectivity index (χ1) is 14.2. The van der Waals surface area contributed by atoms with Crippen molar-refractivity contribution in [2.75, 3.05) is 6.61 Å². The van der Waals surface area contributed by atoms with Gasteiger partial charge in [0.25, 0.3) is 0 Å². The second-order valence-electron chi connectivity index (χ2n) is 6.31. The van der Waals surface area contributed by atoms with Crippen molar-refractivity contribution in [3.8, 4) is 11.8 Å². The van der Waals surface area contributed by atoms with Gasteiger partial charge in [-0.05, 0) is 52.7 Å². The molecule has 3 rings (SSSR count). The van der Waals surface area contributed by atoms with E-state index in [1.54, 1.807) is 25.1 Å². The highest BCUT2D eigenvalue weighted by atomic mass is 79.9. The Bertz CT molecular complexity index is 1130. The SMILES string of the molecule is CCOC(=O)Cc1ccc(C#N)cc1OCc1cc(Br)c2occ(C(F)(F)F)c2c1. The molecular formula is C21H15BrF3NO4. The Labute approximate surface area is 178 Å². The quantitative estimate of drug-likeness (QED) is 0.417. The van der Waals surface area contributed by atoms with Crippen LogP contribution in [0.25, 0.3) is 11.0 Å². The molecule has 0 radical (unpaired) electrons. The number of hydrogen-bond donors (Lipinski definition) is 0. The summed E-state index contributed by atoms with van der Waals surface area (Å²) in [7, 11) is 0. The minimum atomic E-state index is -4.56. The topological polar surface area (TPSA) is 72.5 Å². The van der Waals surface area contributed by atoms with Crippen molar-refractivity contribution in [1.82, 2.24) is 0 Å². The lowest BCUT2D eigenvalue weighted by atomic mass is 10.1. The summed E-state index contributed by atoms with van der Waals surface area (Å²) in [4.78, 5) is 11.8. The van der Waals surface area contributed by atoms with Crippen LogP contribution in [0.5, 0.6) is 5.75 Å². The highest BCUT2D eigenvalue weighted by molar-refractivity contribution is 9.10. The van der Waals surface area contributed by atoms with Crippen LogP contribution in [0.3, 0.4) is 0 Å². The standard InChI is InChI=1S/C21H15BrF3NO4/c1-2-28-19(27)8-14-4-3-12(9-26)7-18(14)29-10-13-5-15-16(21(23,24)25)11-30-20(15)17(22)6-13/h3-7,11H,2,8,10H2,1H3. The van der Waals surface area contributed by atoms with Gasteiger partial charge in [-0.3, -0.25) is 4.79 Å². The minimum Gasteiger partial charge on any atom is -0.489 e. The number of rotatable bonds is 6. The van der Waals surface area contributed by atoms with Gasteiger partial charge in [0.05, 0.1) is 29.1 Å². The summed E-state index contributed by atoms with van der Waals surface area (Å²) >= 11 is 3.22. The van der Waals surface area contributed by atoms with E-state index < -0.39 is 17.7 Å². The second-order valence-corrected chi connectivity index (χ2v) is 7.16. The van der Waals surface area contributed by atoms with E-state index >= 15 is 0 Å². The number of fused-ring (bicyclic) bond motifs is 1. The molecule has 30 heavy (non-hydrogen) atoms. The molecule has 0 spiro atoms. The van der Waals surface area contributed by atoms with Crippen LogP contribution in [-0.2, 0) is 28.7 Å². The highest BCUT2D eigenvalue weighted by Crippen LogP contribution is 2.39. The normalized spacial score (nSPS) is 11.3. The first-order valence-electron chi connectivity index (χ1n) is 8.81. The highest BCUT2D eigenvalue weighted by Gasteiger charge is 2.35. The molecule has 2 aromatic carbocycles. The van der Waals surface area contributed by atoms with E-state index in [0.717, 1.165) is 0 Å². The molecule has 0 aliphatic heterocycles. The third-order valence-electron chi connectivity index (χ3n) is 4.22. The Hall–Kier alpha value is -2.99. The number of benzene rings is 2. The summed E-state index contributed by atoms with van der Waals surface area (Å²) < 4.78 is 55.7. The Morgan fingerprint density at radius 3 is 2.70 bits per heavy atom. The molecular weight excluding hydrogens is 467 g/mol. The van der Waals surface area contributed by atoms with Gasteiger partial charge in [0, 0.05) is 10.9 Å². The molecule has 156 valence electrons. The van der Waals surface area contributed by atoms with E-state index in [2.05, 4.69) is 15.9 Å². The van der Waals surface area contributed by atoms with Crippen LogP contribution < -0.4 is 4.74 Å². The molecule has 0 bridgehead atoms. The lowest BCUT2D eigenvalue weighted by Gasteiger charge is -2.12. The number of carbonyl (C=O) groups excluding carboxylic acids is 1. The predicted molar refractivity (Wildman–Crippen MR) is 105 cm³/mol. The van der Waals surface area contributed by atoms with E-state index in [4.69, 9.17) is 19.2 Å². The Morgan fingerprint density at radius 1 is 1.27 bits per heavy atom. The Balaban J connectivity index is 1.90. The number of carbonyl (C=O) groups is 1. The molecule has 3 aromatic rings. The van der Waals surface area contributed by atoms with Crippen LogP contribution >= 0.6 is 15.9 Å². The molecule has 9 heteroatoms. The number of nitriles is 1. The van der Waals surface area contributed by atoms with E-state index in [1.165, 1.54) is 12.1 Å². The summed E-state index contributed by atoms with van der Waals surface area (Å²) in [6, 6.07) is 9.52. The smallest absolute Gasteiger partial charge is 0.420 e. The molecule has 0 fully saturated rings. The van der Waals surface area contributed by atoms with Crippen molar-refractivity contribution in [1.29, 1.82) is 5.26 Å². The van der Waals surface area contributed by atoms with E-state index in [-0.39, 0.29) is 36.4 Å². The molecule has 0 atom stereocenters. The van der Waals surface area contributed by atoms with Gasteiger partial charge < -0.3 is 13.9 Å².